The molecule has 4 nitrogen and oxygen atoms in total. The van der Waals surface area contributed by atoms with Crippen molar-refractivity contribution in [2.75, 3.05) is 13.2 Å². The molecule has 0 saturated carbocycles. The molecule has 1 heterocycles. The average Bonchev–Trinajstić information content (AvgIpc) is 1.55. The first-order valence-corrected chi connectivity index (χ1v) is 3.13. The van der Waals surface area contributed by atoms with Gasteiger partial charge in [0, 0.05) is 0 Å². The summed E-state index contributed by atoms with van der Waals surface area (Å²) < 4.78 is 28.4. The first-order chi connectivity index (χ1) is 3.79. The van der Waals surface area contributed by atoms with Crippen molar-refractivity contribution in [1.82, 2.24) is 0 Å². The summed E-state index contributed by atoms with van der Waals surface area (Å²) in [6.07, 6.45) is -0.228. The van der Waals surface area contributed by atoms with E-state index in [4.69, 9.17) is 0 Å². The molecule has 1 aliphatic heterocycles. The Bertz CT molecular complexity index is 99.5. The van der Waals surface area contributed by atoms with Gasteiger partial charge in [-0.05, 0) is 0 Å². The van der Waals surface area contributed by atoms with Gasteiger partial charge in [-0.25, -0.2) is 4.21 Å². The third kappa shape index (κ3) is 1.52. The Hall–Kier alpha value is 0.0300. The maximum atomic E-state index is 9.72. The zero-order valence-electron chi connectivity index (χ0n) is 4.03. The van der Waals surface area contributed by atoms with E-state index in [0.29, 0.717) is 13.2 Å². The smallest absolute Gasteiger partial charge is 0.120 e. The molecule has 0 spiro atoms. The fraction of sp³-hybridized carbons (Fsp3) is 1.00. The lowest BCUT2D eigenvalue weighted by atomic mass is 10.3. The van der Waals surface area contributed by atoms with Crippen molar-refractivity contribution >= 4 is 11.4 Å². The summed E-state index contributed by atoms with van der Waals surface area (Å²) in [6, 6.07) is 0. The SMILES string of the molecule is O=S([O-])OC1COC1. The van der Waals surface area contributed by atoms with E-state index in [1.165, 1.54) is 0 Å². The molecule has 0 radical (unpaired) electrons. The Labute approximate surface area is 49.3 Å². The second kappa shape index (κ2) is 2.54. The van der Waals surface area contributed by atoms with E-state index in [9.17, 15) is 8.76 Å². The largest absolute Gasteiger partial charge is 0.750 e. The van der Waals surface area contributed by atoms with E-state index in [-0.39, 0.29) is 6.10 Å². The molecular weight excluding hydrogens is 132 g/mol. The van der Waals surface area contributed by atoms with Crippen LogP contribution in [0.3, 0.4) is 0 Å². The minimum absolute atomic E-state index is 0.228. The summed E-state index contributed by atoms with van der Waals surface area (Å²) in [7, 11) is 0. The summed E-state index contributed by atoms with van der Waals surface area (Å²) in [6.45, 7) is 0.794. The lowest BCUT2D eigenvalue weighted by Crippen LogP contribution is -2.36. The van der Waals surface area contributed by atoms with Gasteiger partial charge in [-0.3, -0.25) is 4.18 Å². The van der Waals surface area contributed by atoms with E-state index >= 15 is 0 Å². The Morgan fingerprint density at radius 2 is 2.38 bits per heavy atom. The van der Waals surface area contributed by atoms with Gasteiger partial charge in [0.05, 0.1) is 24.6 Å². The average molecular weight is 137 g/mol. The molecule has 0 aromatic carbocycles. The van der Waals surface area contributed by atoms with Crippen molar-refractivity contribution < 1.29 is 17.7 Å². The zero-order valence-corrected chi connectivity index (χ0v) is 4.85. The molecule has 0 bridgehead atoms. The van der Waals surface area contributed by atoms with Crippen molar-refractivity contribution in [2.45, 2.75) is 6.10 Å². The summed E-state index contributed by atoms with van der Waals surface area (Å²) in [5, 5.41) is 0. The highest BCUT2D eigenvalue weighted by Gasteiger charge is 2.18. The normalized spacial score (nSPS) is 24.6. The number of hydrogen-bond donors (Lipinski definition) is 0. The van der Waals surface area contributed by atoms with Crippen LogP contribution in [0.15, 0.2) is 0 Å². The van der Waals surface area contributed by atoms with E-state index in [0.717, 1.165) is 0 Å². The predicted molar refractivity (Wildman–Crippen MR) is 24.6 cm³/mol. The molecule has 0 amide bonds. The van der Waals surface area contributed by atoms with E-state index in [1.807, 2.05) is 0 Å². The molecule has 0 aromatic rings. The van der Waals surface area contributed by atoms with E-state index in [2.05, 4.69) is 8.92 Å². The van der Waals surface area contributed by atoms with Gasteiger partial charge in [-0.15, -0.1) is 0 Å². The molecule has 1 aliphatic rings. The Kier molecular flexibility index (Phi) is 1.95. The molecule has 1 unspecified atom stereocenters. The topological polar surface area (TPSA) is 58.6 Å². The molecule has 0 aromatic heterocycles. The van der Waals surface area contributed by atoms with Crippen LogP contribution in [0.4, 0.5) is 0 Å². The van der Waals surface area contributed by atoms with E-state index < -0.39 is 11.4 Å². The van der Waals surface area contributed by atoms with Crippen LogP contribution in [0.1, 0.15) is 0 Å². The van der Waals surface area contributed by atoms with Crippen molar-refractivity contribution in [1.29, 1.82) is 0 Å². The second-order valence-corrected chi connectivity index (χ2v) is 2.06. The van der Waals surface area contributed by atoms with Crippen LogP contribution in [0.2, 0.25) is 0 Å². The Morgan fingerprint density at radius 1 is 1.75 bits per heavy atom. The van der Waals surface area contributed by atoms with Crippen LogP contribution in [-0.2, 0) is 20.3 Å². The summed E-state index contributed by atoms with van der Waals surface area (Å²) in [5.41, 5.74) is 0. The highest BCUT2D eigenvalue weighted by Crippen LogP contribution is 2.05. The molecular formula is C3H5O4S-. The Balaban J connectivity index is 2.09. The molecule has 8 heavy (non-hydrogen) atoms. The first kappa shape index (κ1) is 6.15. The number of ether oxygens (including phenoxy) is 1. The van der Waals surface area contributed by atoms with Crippen LogP contribution in [0, 0.1) is 0 Å². The van der Waals surface area contributed by atoms with Gasteiger partial charge >= 0.3 is 0 Å². The van der Waals surface area contributed by atoms with Crippen LogP contribution >= 0.6 is 0 Å². The second-order valence-electron chi connectivity index (χ2n) is 1.46. The molecule has 0 N–H and O–H groups in total. The third-order valence-corrected chi connectivity index (χ3v) is 1.25. The summed E-state index contributed by atoms with van der Waals surface area (Å²) >= 11 is -2.37. The minimum Gasteiger partial charge on any atom is -0.750 e. The molecule has 1 saturated heterocycles. The summed E-state index contributed by atoms with van der Waals surface area (Å²) in [4.78, 5) is 0. The monoisotopic (exact) mass is 137 g/mol. The van der Waals surface area contributed by atoms with Gasteiger partial charge in [-0.2, -0.15) is 0 Å². The van der Waals surface area contributed by atoms with Gasteiger partial charge in [0.1, 0.15) is 6.10 Å². The number of rotatable bonds is 2. The van der Waals surface area contributed by atoms with Gasteiger partial charge in [-0.1, -0.05) is 0 Å². The number of hydrogen-bond acceptors (Lipinski definition) is 4. The van der Waals surface area contributed by atoms with Crippen molar-refractivity contribution in [2.24, 2.45) is 0 Å². The van der Waals surface area contributed by atoms with Crippen LogP contribution in [0.5, 0.6) is 0 Å². The van der Waals surface area contributed by atoms with Crippen molar-refractivity contribution in [3.63, 3.8) is 0 Å². The molecule has 48 valence electrons. The van der Waals surface area contributed by atoms with Gasteiger partial charge in [0.2, 0.25) is 0 Å². The van der Waals surface area contributed by atoms with Crippen LogP contribution < -0.4 is 0 Å². The molecule has 1 atom stereocenters. The zero-order chi connectivity index (χ0) is 5.98. The van der Waals surface area contributed by atoms with Gasteiger partial charge in [0.15, 0.2) is 0 Å². The van der Waals surface area contributed by atoms with Crippen LogP contribution in [0.25, 0.3) is 0 Å². The maximum Gasteiger partial charge on any atom is 0.120 e. The quantitative estimate of drug-likeness (QED) is 0.467. The molecule has 1 rings (SSSR count). The fourth-order valence-corrected chi connectivity index (χ4v) is 0.714. The maximum absolute atomic E-state index is 9.72. The van der Waals surface area contributed by atoms with Crippen LogP contribution in [-0.4, -0.2) is 28.1 Å². The molecule has 1 fully saturated rings. The van der Waals surface area contributed by atoms with E-state index in [1.54, 1.807) is 0 Å². The fourth-order valence-electron chi connectivity index (χ4n) is 0.381. The highest BCUT2D eigenvalue weighted by molar-refractivity contribution is 7.74. The first-order valence-electron chi connectivity index (χ1n) is 2.13. The Morgan fingerprint density at radius 3 is 2.50 bits per heavy atom. The molecule has 0 aliphatic carbocycles. The lowest BCUT2D eigenvalue weighted by Gasteiger charge is -2.25. The third-order valence-electron chi connectivity index (χ3n) is 0.822. The highest BCUT2D eigenvalue weighted by atomic mass is 32.2. The van der Waals surface area contributed by atoms with Gasteiger partial charge in [0.25, 0.3) is 0 Å². The lowest BCUT2D eigenvalue weighted by molar-refractivity contribution is -0.0777. The predicted octanol–water partition coefficient (Wildman–Crippen LogP) is -0.804. The van der Waals surface area contributed by atoms with Crippen molar-refractivity contribution in [3.05, 3.63) is 0 Å². The standard InChI is InChI=1S/C3H6O4S/c4-8(5)7-3-1-6-2-3/h3H,1-2H2,(H,4,5)/p-1. The minimum atomic E-state index is -2.37. The molecule has 5 heteroatoms. The van der Waals surface area contributed by atoms with Gasteiger partial charge < -0.3 is 9.29 Å². The summed E-state index contributed by atoms with van der Waals surface area (Å²) in [5.74, 6) is 0. The van der Waals surface area contributed by atoms with Crippen molar-refractivity contribution in [3.8, 4) is 0 Å².